The summed E-state index contributed by atoms with van der Waals surface area (Å²) in [6.07, 6.45) is 0. The number of halogens is 5. The standard InChI is InChI=1S/C20H15Cl5N2O3/c21-11-1-3-18(14(23)5-11)29-9-26-13-7-16(25)20(28)17(8-13)27-10-30-19-4-2-12(22)6-15(19)24/h1-8,26-28H,9-10H2. The van der Waals surface area contributed by atoms with E-state index in [9.17, 15) is 5.11 Å². The van der Waals surface area contributed by atoms with E-state index in [1.54, 1.807) is 48.5 Å². The molecule has 158 valence electrons. The molecule has 3 aromatic rings. The minimum Gasteiger partial charge on any atom is -0.504 e. The monoisotopic (exact) mass is 506 g/mol. The lowest BCUT2D eigenvalue weighted by molar-refractivity contribution is 0.345. The molecule has 3 aromatic carbocycles. The van der Waals surface area contributed by atoms with E-state index < -0.39 is 0 Å². The van der Waals surface area contributed by atoms with Gasteiger partial charge in [-0.2, -0.15) is 0 Å². The van der Waals surface area contributed by atoms with Crippen LogP contribution in [0.3, 0.4) is 0 Å². The van der Waals surface area contributed by atoms with E-state index in [2.05, 4.69) is 10.6 Å². The van der Waals surface area contributed by atoms with Gasteiger partial charge in [-0.05, 0) is 48.5 Å². The predicted molar refractivity (Wildman–Crippen MR) is 124 cm³/mol. The molecule has 10 heteroatoms. The molecule has 0 saturated heterocycles. The van der Waals surface area contributed by atoms with E-state index in [-0.39, 0.29) is 24.2 Å². The van der Waals surface area contributed by atoms with Gasteiger partial charge in [-0.15, -0.1) is 0 Å². The molecule has 0 aliphatic rings. The third kappa shape index (κ3) is 6.06. The van der Waals surface area contributed by atoms with Crippen LogP contribution in [-0.4, -0.2) is 18.6 Å². The summed E-state index contributed by atoms with van der Waals surface area (Å²) >= 11 is 30.0. The second kappa shape index (κ2) is 10.4. The Morgan fingerprint density at radius 3 is 1.73 bits per heavy atom. The first-order valence-electron chi connectivity index (χ1n) is 8.49. The molecule has 0 aromatic heterocycles. The van der Waals surface area contributed by atoms with Gasteiger partial charge in [0.2, 0.25) is 0 Å². The van der Waals surface area contributed by atoms with Crippen molar-refractivity contribution in [2.24, 2.45) is 0 Å². The van der Waals surface area contributed by atoms with Crippen molar-refractivity contribution < 1.29 is 14.6 Å². The van der Waals surface area contributed by atoms with Crippen molar-refractivity contribution in [1.29, 1.82) is 0 Å². The van der Waals surface area contributed by atoms with Crippen molar-refractivity contribution in [2.75, 3.05) is 24.1 Å². The van der Waals surface area contributed by atoms with Crippen LogP contribution in [0.2, 0.25) is 25.1 Å². The fourth-order valence-electron chi connectivity index (χ4n) is 2.41. The van der Waals surface area contributed by atoms with E-state index in [0.29, 0.717) is 43.0 Å². The molecule has 3 N–H and O–H groups in total. The predicted octanol–water partition coefficient (Wildman–Crippen LogP) is 7.56. The molecule has 0 aliphatic heterocycles. The van der Waals surface area contributed by atoms with E-state index >= 15 is 0 Å². The van der Waals surface area contributed by atoms with Gasteiger partial charge in [0.25, 0.3) is 0 Å². The van der Waals surface area contributed by atoms with Crippen molar-refractivity contribution in [1.82, 2.24) is 0 Å². The van der Waals surface area contributed by atoms with Crippen molar-refractivity contribution in [2.45, 2.75) is 0 Å². The van der Waals surface area contributed by atoms with Gasteiger partial charge in [0.05, 0.1) is 20.8 Å². The summed E-state index contributed by atoms with van der Waals surface area (Å²) in [5.41, 5.74) is 0.967. The Balaban J connectivity index is 1.60. The molecule has 0 unspecified atom stereocenters. The number of phenols is 1. The first-order valence-corrected chi connectivity index (χ1v) is 10.4. The number of hydrogen-bond acceptors (Lipinski definition) is 5. The summed E-state index contributed by atoms with van der Waals surface area (Å²) in [5.74, 6) is 0.807. The van der Waals surface area contributed by atoms with Gasteiger partial charge in [0.1, 0.15) is 11.5 Å². The number of hydrogen-bond donors (Lipinski definition) is 3. The van der Waals surface area contributed by atoms with Gasteiger partial charge in [-0.25, -0.2) is 0 Å². The molecule has 30 heavy (non-hydrogen) atoms. The maximum absolute atomic E-state index is 10.2. The molecule has 0 spiro atoms. The number of nitrogens with one attached hydrogen (secondary N) is 2. The Labute approximate surface area is 198 Å². The first-order chi connectivity index (χ1) is 14.3. The van der Waals surface area contributed by atoms with Crippen LogP contribution in [0.1, 0.15) is 0 Å². The Kier molecular flexibility index (Phi) is 7.92. The Morgan fingerprint density at radius 1 is 0.667 bits per heavy atom. The molecule has 0 aliphatic carbocycles. The van der Waals surface area contributed by atoms with Gasteiger partial charge in [0.15, 0.2) is 19.2 Å². The Bertz CT molecular complexity index is 1050. The zero-order valence-corrected chi connectivity index (χ0v) is 19.0. The van der Waals surface area contributed by atoms with E-state index in [0.717, 1.165) is 0 Å². The van der Waals surface area contributed by atoms with Gasteiger partial charge in [0, 0.05) is 15.7 Å². The summed E-state index contributed by atoms with van der Waals surface area (Å²) in [5, 5.41) is 18.1. The van der Waals surface area contributed by atoms with Crippen LogP contribution in [-0.2, 0) is 0 Å². The summed E-state index contributed by atoms with van der Waals surface area (Å²) in [7, 11) is 0. The van der Waals surface area contributed by atoms with Gasteiger partial charge in [-0.3, -0.25) is 0 Å². The van der Waals surface area contributed by atoms with Crippen molar-refractivity contribution in [3.8, 4) is 17.2 Å². The van der Waals surface area contributed by atoms with Crippen LogP contribution in [0.5, 0.6) is 17.2 Å². The van der Waals surface area contributed by atoms with Crippen LogP contribution in [0.4, 0.5) is 11.4 Å². The average Bonchev–Trinajstić information content (AvgIpc) is 2.68. The maximum Gasteiger partial charge on any atom is 0.159 e. The largest absolute Gasteiger partial charge is 0.504 e. The topological polar surface area (TPSA) is 62.8 Å². The third-order valence-corrected chi connectivity index (χ3v) is 5.19. The number of anilines is 2. The molecule has 0 radical (unpaired) electrons. The summed E-state index contributed by atoms with van der Waals surface area (Å²) in [6, 6.07) is 13.0. The van der Waals surface area contributed by atoms with Crippen LogP contribution in [0.25, 0.3) is 0 Å². The lowest BCUT2D eigenvalue weighted by atomic mass is 10.2. The number of benzene rings is 3. The highest BCUT2D eigenvalue weighted by Crippen LogP contribution is 2.36. The number of aromatic hydroxyl groups is 1. The molecule has 0 amide bonds. The maximum atomic E-state index is 10.2. The lowest BCUT2D eigenvalue weighted by Gasteiger charge is -2.15. The van der Waals surface area contributed by atoms with Crippen molar-refractivity contribution in [3.05, 3.63) is 73.6 Å². The average molecular weight is 509 g/mol. The van der Waals surface area contributed by atoms with Crippen LogP contribution < -0.4 is 20.1 Å². The molecule has 0 fully saturated rings. The third-order valence-electron chi connectivity index (χ3n) is 3.85. The van der Waals surface area contributed by atoms with Crippen LogP contribution in [0.15, 0.2) is 48.5 Å². The van der Waals surface area contributed by atoms with E-state index in [4.69, 9.17) is 67.5 Å². The highest BCUT2D eigenvalue weighted by atomic mass is 35.5. The highest BCUT2D eigenvalue weighted by molar-refractivity contribution is 6.36. The minimum atomic E-state index is -0.116. The Hall–Kier alpha value is -1.89. The second-order valence-corrected chi connectivity index (χ2v) is 8.03. The number of ether oxygens (including phenoxy) is 2. The summed E-state index contributed by atoms with van der Waals surface area (Å²) in [6.45, 7) is 0.143. The molecular weight excluding hydrogens is 493 g/mol. The fraction of sp³-hybridized carbons (Fsp3) is 0.100. The minimum absolute atomic E-state index is 0.0333. The Morgan fingerprint density at radius 2 is 1.20 bits per heavy atom. The first kappa shape index (κ1) is 22.8. The zero-order chi connectivity index (χ0) is 21.7. The molecular formula is C20H15Cl5N2O3. The quantitative estimate of drug-likeness (QED) is 0.167. The highest BCUT2D eigenvalue weighted by Gasteiger charge is 2.10. The zero-order valence-electron chi connectivity index (χ0n) is 15.2. The lowest BCUT2D eigenvalue weighted by Crippen LogP contribution is -2.11. The van der Waals surface area contributed by atoms with Crippen molar-refractivity contribution >= 4 is 69.4 Å². The molecule has 0 atom stereocenters. The molecule has 0 saturated carbocycles. The number of phenolic OH excluding ortho intramolecular Hbond substituents is 1. The van der Waals surface area contributed by atoms with Gasteiger partial charge < -0.3 is 25.2 Å². The fourth-order valence-corrected chi connectivity index (χ4v) is 3.55. The molecule has 3 rings (SSSR count). The van der Waals surface area contributed by atoms with Crippen LogP contribution >= 0.6 is 58.0 Å². The SMILES string of the molecule is Oc1c(Cl)cc(NCOc2ccc(Cl)cc2Cl)cc1NCOc1ccc(Cl)cc1Cl. The van der Waals surface area contributed by atoms with Crippen molar-refractivity contribution in [3.63, 3.8) is 0 Å². The van der Waals surface area contributed by atoms with Gasteiger partial charge >= 0.3 is 0 Å². The molecule has 0 bridgehead atoms. The number of rotatable bonds is 8. The normalized spacial score (nSPS) is 10.6. The molecule has 5 nitrogen and oxygen atoms in total. The summed E-state index contributed by atoms with van der Waals surface area (Å²) < 4.78 is 11.2. The molecule has 0 heterocycles. The summed E-state index contributed by atoms with van der Waals surface area (Å²) in [4.78, 5) is 0. The second-order valence-electron chi connectivity index (χ2n) is 5.93. The van der Waals surface area contributed by atoms with E-state index in [1.807, 2.05) is 0 Å². The van der Waals surface area contributed by atoms with E-state index in [1.165, 1.54) is 0 Å². The van der Waals surface area contributed by atoms with Crippen LogP contribution in [0, 0.1) is 0 Å². The van der Waals surface area contributed by atoms with Gasteiger partial charge in [-0.1, -0.05) is 58.0 Å². The smallest absolute Gasteiger partial charge is 0.159 e.